The van der Waals surface area contributed by atoms with Crippen LogP contribution in [0.1, 0.15) is 60.8 Å². The van der Waals surface area contributed by atoms with Crippen LogP contribution in [0, 0.1) is 10.8 Å². The molecule has 1 heteroatoms. The lowest BCUT2D eigenvalue weighted by Gasteiger charge is -2.38. The summed E-state index contributed by atoms with van der Waals surface area (Å²) in [6.07, 6.45) is 2.42. The molecule has 0 aromatic heterocycles. The van der Waals surface area contributed by atoms with Gasteiger partial charge >= 0.3 is 0 Å². The maximum absolute atomic E-state index is 11.2. The van der Waals surface area contributed by atoms with Crippen LogP contribution in [0.3, 0.4) is 0 Å². The maximum atomic E-state index is 11.2. The van der Waals surface area contributed by atoms with E-state index in [1.807, 2.05) is 6.92 Å². The van der Waals surface area contributed by atoms with Crippen molar-refractivity contribution in [1.82, 2.24) is 0 Å². The van der Waals surface area contributed by atoms with Gasteiger partial charge in [0.25, 0.3) is 0 Å². The second-order valence-corrected chi connectivity index (χ2v) is 5.53. The molecule has 0 aliphatic heterocycles. The standard InChI is InChI=1S/C12H24O/c1-7-10(13)8-9-12(5,6)11(2,3)4/h7-9H2,1-6H3. The molecule has 0 fully saturated rings. The third-order valence-electron chi connectivity index (χ3n) is 3.45. The summed E-state index contributed by atoms with van der Waals surface area (Å²) in [6.45, 7) is 13.1. The van der Waals surface area contributed by atoms with Crippen LogP contribution < -0.4 is 0 Å². The van der Waals surface area contributed by atoms with Crippen LogP contribution in [-0.2, 0) is 4.79 Å². The third-order valence-corrected chi connectivity index (χ3v) is 3.45. The Morgan fingerprint density at radius 1 is 1.08 bits per heavy atom. The van der Waals surface area contributed by atoms with Gasteiger partial charge in [-0.2, -0.15) is 0 Å². The van der Waals surface area contributed by atoms with Crippen LogP contribution in [0.4, 0.5) is 0 Å². The largest absolute Gasteiger partial charge is 0.300 e. The minimum atomic E-state index is 0.248. The molecule has 0 bridgehead atoms. The van der Waals surface area contributed by atoms with Crippen LogP contribution >= 0.6 is 0 Å². The second kappa shape index (κ2) is 4.26. The summed E-state index contributed by atoms with van der Waals surface area (Å²) in [6, 6.07) is 0. The summed E-state index contributed by atoms with van der Waals surface area (Å²) >= 11 is 0. The van der Waals surface area contributed by atoms with E-state index >= 15 is 0 Å². The lowest BCUT2D eigenvalue weighted by Crippen LogP contribution is -2.30. The quantitative estimate of drug-likeness (QED) is 0.649. The molecule has 78 valence electrons. The molecule has 0 amide bonds. The molecule has 13 heavy (non-hydrogen) atoms. The Bertz CT molecular complexity index is 172. The first-order chi connectivity index (χ1) is 5.70. The zero-order chi connectivity index (χ0) is 10.7. The van der Waals surface area contributed by atoms with Gasteiger partial charge in [0.05, 0.1) is 0 Å². The van der Waals surface area contributed by atoms with Gasteiger partial charge in [0.1, 0.15) is 5.78 Å². The molecule has 0 saturated heterocycles. The number of carbonyl (C=O) groups is 1. The molecule has 0 N–H and O–H groups in total. The summed E-state index contributed by atoms with van der Waals surface area (Å²) in [5.74, 6) is 0.386. The van der Waals surface area contributed by atoms with E-state index in [1.165, 1.54) is 0 Å². The Morgan fingerprint density at radius 3 is 1.85 bits per heavy atom. The molecule has 0 aromatic carbocycles. The average Bonchev–Trinajstić information content (AvgIpc) is 1.98. The Kier molecular flexibility index (Phi) is 4.15. The highest BCUT2D eigenvalue weighted by Crippen LogP contribution is 2.41. The second-order valence-electron chi connectivity index (χ2n) is 5.53. The first-order valence-corrected chi connectivity index (χ1v) is 5.22. The van der Waals surface area contributed by atoms with E-state index in [9.17, 15) is 4.79 Å². The summed E-state index contributed by atoms with van der Waals surface area (Å²) in [4.78, 5) is 11.2. The van der Waals surface area contributed by atoms with Gasteiger partial charge in [-0.15, -0.1) is 0 Å². The van der Waals surface area contributed by atoms with Gasteiger partial charge in [-0.25, -0.2) is 0 Å². The number of rotatable bonds is 4. The van der Waals surface area contributed by atoms with Gasteiger partial charge in [0.2, 0.25) is 0 Å². The van der Waals surface area contributed by atoms with Crippen LogP contribution in [0.25, 0.3) is 0 Å². The smallest absolute Gasteiger partial charge is 0.132 e. The third kappa shape index (κ3) is 3.93. The molecule has 1 nitrogen and oxygen atoms in total. The fourth-order valence-corrected chi connectivity index (χ4v) is 1.00. The molecule has 0 rings (SSSR count). The molecule has 0 saturated carbocycles. The van der Waals surface area contributed by atoms with Crippen molar-refractivity contribution < 1.29 is 4.79 Å². The van der Waals surface area contributed by atoms with E-state index in [0.717, 1.165) is 12.8 Å². The topological polar surface area (TPSA) is 17.1 Å². The molecule has 0 spiro atoms. The SMILES string of the molecule is CCC(=O)CCC(C)(C)C(C)(C)C. The Labute approximate surface area is 82.9 Å². The molecule has 0 aliphatic rings. The van der Waals surface area contributed by atoms with Gasteiger partial charge in [-0.1, -0.05) is 41.5 Å². The molecule has 0 unspecified atom stereocenters. The van der Waals surface area contributed by atoms with Gasteiger partial charge < -0.3 is 0 Å². The highest BCUT2D eigenvalue weighted by atomic mass is 16.1. The Balaban J connectivity index is 4.12. The first-order valence-electron chi connectivity index (χ1n) is 5.22. The predicted octanol–water partition coefficient (Wildman–Crippen LogP) is 3.82. The summed E-state index contributed by atoms with van der Waals surface area (Å²) in [7, 11) is 0. The lowest BCUT2D eigenvalue weighted by atomic mass is 9.66. The number of hydrogen-bond acceptors (Lipinski definition) is 1. The summed E-state index contributed by atoms with van der Waals surface area (Å²) in [5, 5.41) is 0. The number of ketones is 1. The van der Waals surface area contributed by atoms with Crippen molar-refractivity contribution in [1.29, 1.82) is 0 Å². The fourth-order valence-electron chi connectivity index (χ4n) is 1.00. The van der Waals surface area contributed by atoms with Crippen molar-refractivity contribution in [3.63, 3.8) is 0 Å². The zero-order valence-electron chi connectivity index (χ0n) is 10.0. The van der Waals surface area contributed by atoms with Gasteiger partial charge in [0, 0.05) is 12.8 Å². The van der Waals surface area contributed by atoms with E-state index in [1.54, 1.807) is 0 Å². The van der Waals surface area contributed by atoms with Gasteiger partial charge in [-0.05, 0) is 17.3 Å². The zero-order valence-corrected chi connectivity index (χ0v) is 10.0. The molecule has 0 radical (unpaired) electrons. The van der Waals surface area contributed by atoms with Crippen molar-refractivity contribution >= 4 is 5.78 Å². The minimum Gasteiger partial charge on any atom is -0.300 e. The van der Waals surface area contributed by atoms with E-state index in [4.69, 9.17) is 0 Å². The highest BCUT2D eigenvalue weighted by Gasteiger charge is 2.32. The van der Waals surface area contributed by atoms with Crippen molar-refractivity contribution in [3.05, 3.63) is 0 Å². The van der Waals surface area contributed by atoms with Gasteiger partial charge in [0.15, 0.2) is 0 Å². The van der Waals surface area contributed by atoms with Crippen LogP contribution in [0.15, 0.2) is 0 Å². The molecule has 0 aromatic rings. The van der Waals surface area contributed by atoms with E-state index in [-0.39, 0.29) is 10.8 Å². The normalized spacial score (nSPS) is 13.1. The van der Waals surface area contributed by atoms with Crippen LogP contribution in [0.5, 0.6) is 0 Å². The predicted molar refractivity (Wildman–Crippen MR) is 57.8 cm³/mol. The maximum Gasteiger partial charge on any atom is 0.132 e. The van der Waals surface area contributed by atoms with Crippen LogP contribution in [0.2, 0.25) is 0 Å². The lowest BCUT2D eigenvalue weighted by molar-refractivity contribution is -0.119. The highest BCUT2D eigenvalue weighted by molar-refractivity contribution is 5.77. The average molecular weight is 184 g/mol. The van der Waals surface area contributed by atoms with Crippen molar-refractivity contribution in [2.45, 2.75) is 60.8 Å². The molecule has 0 heterocycles. The van der Waals surface area contributed by atoms with Crippen molar-refractivity contribution in [3.8, 4) is 0 Å². The minimum absolute atomic E-state index is 0.248. The Morgan fingerprint density at radius 2 is 1.54 bits per heavy atom. The summed E-state index contributed by atoms with van der Waals surface area (Å²) < 4.78 is 0. The van der Waals surface area contributed by atoms with Crippen LogP contribution in [-0.4, -0.2) is 5.78 Å². The monoisotopic (exact) mass is 184 g/mol. The van der Waals surface area contributed by atoms with E-state index in [2.05, 4.69) is 34.6 Å². The number of carbonyl (C=O) groups excluding carboxylic acids is 1. The molecular formula is C12H24O. The van der Waals surface area contributed by atoms with Crippen molar-refractivity contribution in [2.24, 2.45) is 10.8 Å². The Hall–Kier alpha value is -0.330. The fraction of sp³-hybridized carbons (Fsp3) is 0.917. The molecular weight excluding hydrogens is 160 g/mol. The first kappa shape index (κ1) is 12.7. The van der Waals surface area contributed by atoms with Crippen molar-refractivity contribution in [2.75, 3.05) is 0 Å². The number of hydrogen-bond donors (Lipinski definition) is 0. The van der Waals surface area contributed by atoms with Gasteiger partial charge in [-0.3, -0.25) is 4.79 Å². The van der Waals surface area contributed by atoms with E-state index < -0.39 is 0 Å². The summed E-state index contributed by atoms with van der Waals surface area (Å²) in [5.41, 5.74) is 0.527. The number of Topliss-reactive ketones (excluding diaryl/α,β-unsaturated/α-hetero) is 1. The molecule has 0 atom stereocenters. The molecule has 0 aliphatic carbocycles. The van der Waals surface area contributed by atoms with E-state index in [0.29, 0.717) is 12.2 Å².